The number of benzene rings is 1. The Morgan fingerprint density at radius 1 is 1.53 bits per heavy atom. The van der Waals surface area contributed by atoms with E-state index < -0.39 is 0 Å². The van der Waals surface area contributed by atoms with E-state index in [4.69, 9.17) is 4.74 Å². The van der Waals surface area contributed by atoms with Crippen LogP contribution in [0.4, 0.5) is 0 Å². The van der Waals surface area contributed by atoms with Crippen molar-refractivity contribution in [3.8, 4) is 0 Å². The number of rotatable bonds is 3. The maximum absolute atomic E-state index is 5.60. The Morgan fingerprint density at radius 3 is 3.00 bits per heavy atom. The summed E-state index contributed by atoms with van der Waals surface area (Å²) in [7, 11) is 2.03. The molecule has 4 heteroatoms. The van der Waals surface area contributed by atoms with Crippen molar-refractivity contribution in [2.24, 2.45) is 5.92 Å². The van der Waals surface area contributed by atoms with Crippen LogP contribution in [0.1, 0.15) is 24.4 Å². The van der Waals surface area contributed by atoms with Gasteiger partial charge in [0.25, 0.3) is 0 Å². The van der Waals surface area contributed by atoms with Gasteiger partial charge in [-0.3, -0.25) is 0 Å². The molecule has 0 aromatic heterocycles. The Balaban J connectivity index is 2.24. The molecule has 0 amide bonds. The fourth-order valence-corrected chi connectivity index (χ4v) is 3.44. The lowest BCUT2D eigenvalue weighted by atomic mass is 9.89. The zero-order valence-electron chi connectivity index (χ0n) is 9.88. The van der Waals surface area contributed by atoms with Crippen molar-refractivity contribution in [3.05, 3.63) is 31.8 Å². The van der Waals surface area contributed by atoms with Gasteiger partial charge in [0.1, 0.15) is 0 Å². The van der Waals surface area contributed by atoms with Gasteiger partial charge < -0.3 is 10.1 Å². The van der Waals surface area contributed by atoms with Gasteiger partial charge in [-0.1, -0.05) is 15.9 Å². The van der Waals surface area contributed by atoms with Crippen molar-refractivity contribution >= 4 is 38.5 Å². The lowest BCUT2D eigenvalue weighted by Gasteiger charge is -2.31. The van der Waals surface area contributed by atoms with Crippen molar-refractivity contribution in [2.75, 3.05) is 20.3 Å². The summed E-state index contributed by atoms with van der Waals surface area (Å²) in [4.78, 5) is 0. The van der Waals surface area contributed by atoms with Crippen LogP contribution < -0.4 is 5.32 Å². The maximum atomic E-state index is 5.60. The highest BCUT2D eigenvalue weighted by Crippen LogP contribution is 2.33. The molecular formula is C13H17BrINO. The number of nitrogens with one attached hydrogen (secondary N) is 1. The molecule has 1 aromatic carbocycles. The van der Waals surface area contributed by atoms with Gasteiger partial charge in [-0.05, 0) is 66.2 Å². The van der Waals surface area contributed by atoms with E-state index in [2.05, 4.69) is 62.0 Å². The number of ether oxygens (including phenoxy) is 1. The lowest BCUT2D eigenvalue weighted by molar-refractivity contribution is 0.0401. The molecular weight excluding hydrogens is 393 g/mol. The van der Waals surface area contributed by atoms with Crippen molar-refractivity contribution in [2.45, 2.75) is 18.9 Å². The molecule has 1 N–H and O–H groups in total. The molecule has 1 saturated heterocycles. The van der Waals surface area contributed by atoms with Crippen molar-refractivity contribution in [1.29, 1.82) is 0 Å². The summed E-state index contributed by atoms with van der Waals surface area (Å²) in [5.74, 6) is 0.572. The first-order valence-corrected chi connectivity index (χ1v) is 7.79. The van der Waals surface area contributed by atoms with Crippen LogP contribution in [0.3, 0.4) is 0 Å². The van der Waals surface area contributed by atoms with Crippen molar-refractivity contribution < 1.29 is 4.74 Å². The molecule has 0 spiro atoms. The number of halogens is 2. The second-order valence-electron chi connectivity index (χ2n) is 4.41. The standard InChI is InChI=1S/C13H17BrINO/c1-16-13(9-3-2-6-17-8-9)11-7-10(15)4-5-12(11)14/h4-5,7,9,13,16H,2-3,6,8H2,1H3. The number of hydrogen-bond donors (Lipinski definition) is 1. The molecule has 0 radical (unpaired) electrons. The molecule has 2 atom stereocenters. The summed E-state index contributed by atoms with van der Waals surface area (Å²) in [5.41, 5.74) is 1.34. The van der Waals surface area contributed by atoms with E-state index in [0.29, 0.717) is 12.0 Å². The van der Waals surface area contributed by atoms with Crippen LogP contribution in [-0.2, 0) is 4.74 Å². The molecule has 2 unspecified atom stereocenters. The van der Waals surface area contributed by atoms with Gasteiger partial charge in [-0.25, -0.2) is 0 Å². The molecule has 1 fully saturated rings. The SMILES string of the molecule is CNC(c1cc(I)ccc1Br)C1CCCOC1. The molecule has 1 heterocycles. The van der Waals surface area contributed by atoms with E-state index in [0.717, 1.165) is 13.2 Å². The third kappa shape index (κ3) is 3.43. The van der Waals surface area contributed by atoms with E-state index in [-0.39, 0.29) is 0 Å². The molecule has 2 rings (SSSR count). The monoisotopic (exact) mass is 409 g/mol. The molecule has 0 bridgehead atoms. The first kappa shape index (κ1) is 13.8. The second kappa shape index (κ2) is 6.50. The Kier molecular flexibility index (Phi) is 5.26. The van der Waals surface area contributed by atoms with Crippen LogP contribution in [-0.4, -0.2) is 20.3 Å². The minimum atomic E-state index is 0.374. The normalized spacial score (nSPS) is 22.4. The molecule has 17 heavy (non-hydrogen) atoms. The number of hydrogen-bond acceptors (Lipinski definition) is 2. The van der Waals surface area contributed by atoms with E-state index in [1.807, 2.05) is 7.05 Å². The van der Waals surface area contributed by atoms with E-state index in [1.54, 1.807) is 0 Å². The Morgan fingerprint density at radius 2 is 2.35 bits per heavy atom. The average Bonchev–Trinajstić information content (AvgIpc) is 2.36. The van der Waals surface area contributed by atoms with Gasteiger partial charge in [0, 0.05) is 26.6 Å². The summed E-state index contributed by atoms with van der Waals surface area (Å²) < 4.78 is 8.06. The Hall–Kier alpha value is 0.350. The molecule has 1 aliphatic rings. The Bertz CT molecular complexity index is 380. The van der Waals surface area contributed by atoms with Crippen molar-refractivity contribution in [1.82, 2.24) is 5.32 Å². The largest absolute Gasteiger partial charge is 0.381 e. The predicted molar refractivity (Wildman–Crippen MR) is 82.2 cm³/mol. The summed E-state index contributed by atoms with van der Waals surface area (Å²) in [5, 5.41) is 3.44. The summed E-state index contributed by atoms with van der Waals surface area (Å²) in [6, 6.07) is 6.88. The van der Waals surface area contributed by atoms with Gasteiger partial charge in [0.15, 0.2) is 0 Å². The zero-order chi connectivity index (χ0) is 12.3. The van der Waals surface area contributed by atoms with Crippen molar-refractivity contribution in [3.63, 3.8) is 0 Å². The van der Waals surface area contributed by atoms with Gasteiger partial charge in [-0.2, -0.15) is 0 Å². The molecule has 94 valence electrons. The van der Waals surface area contributed by atoms with Gasteiger partial charge >= 0.3 is 0 Å². The molecule has 2 nitrogen and oxygen atoms in total. The van der Waals surface area contributed by atoms with Crippen LogP contribution >= 0.6 is 38.5 Å². The first-order valence-electron chi connectivity index (χ1n) is 5.92. The van der Waals surface area contributed by atoms with Gasteiger partial charge in [0.05, 0.1) is 6.61 Å². The summed E-state index contributed by atoms with van der Waals surface area (Å²) in [6.45, 7) is 1.78. The predicted octanol–water partition coefficient (Wildman–Crippen LogP) is 3.74. The fraction of sp³-hybridized carbons (Fsp3) is 0.538. The topological polar surface area (TPSA) is 21.3 Å². The first-order chi connectivity index (χ1) is 8.22. The minimum absolute atomic E-state index is 0.374. The minimum Gasteiger partial charge on any atom is -0.381 e. The van der Waals surface area contributed by atoms with Crippen LogP contribution in [0, 0.1) is 9.49 Å². The summed E-state index contributed by atoms with van der Waals surface area (Å²) >= 11 is 6.02. The maximum Gasteiger partial charge on any atom is 0.0512 e. The van der Waals surface area contributed by atoms with Crippen LogP contribution in [0.2, 0.25) is 0 Å². The second-order valence-corrected chi connectivity index (χ2v) is 6.51. The van der Waals surface area contributed by atoms with E-state index in [1.165, 1.54) is 26.4 Å². The third-order valence-electron chi connectivity index (χ3n) is 3.27. The smallest absolute Gasteiger partial charge is 0.0512 e. The average molecular weight is 410 g/mol. The van der Waals surface area contributed by atoms with Crippen LogP contribution in [0.5, 0.6) is 0 Å². The molecule has 1 aliphatic heterocycles. The quantitative estimate of drug-likeness (QED) is 0.767. The van der Waals surface area contributed by atoms with E-state index >= 15 is 0 Å². The molecule has 1 aromatic rings. The highest BCUT2D eigenvalue weighted by molar-refractivity contribution is 14.1. The highest BCUT2D eigenvalue weighted by atomic mass is 127. The molecule has 0 aliphatic carbocycles. The molecule has 0 saturated carbocycles. The fourth-order valence-electron chi connectivity index (χ4n) is 2.43. The van der Waals surface area contributed by atoms with Gasteiger partial charge in [-0.15, -0.1) is 0 Å². The van der Waals surface area contributed by atoms with Crippen LogP contribution in [0.15, 0.2) is 22.7 Å². The van der Waals surface area contributed by atoms with Gasteiger partial charge in [0.2, 0.25) is 0 Å². The lowest BCUT2D eigenvalue weighted by Crippen LogP contribution is -2.31. The summed E-state index contributed by atoms with van der Waals surface area (Å²) in [6.07, 6.45) is 2.41. The zero-order valence-corrected chi connectivity index (χ0v) is 13.6. The highest BCUT2D eigenvalue weighted by Gasteiger charge is 2.25. The van der Waals surface area contributed by atoms with Crippen LogP contribution in [0.25, 0.3) is 0 Å². The third-order valence-corrected chi connectivity index (χ3v) is 4.66. The Labute approximate surface area is 125 Å². The van der Waals surface area contributed by atoms with E-state index in [9.17, 15) is 0 Å².